The maximum atomic E-state index is 6.99. The fourth-order valence-electron chi connectivity index (χ4n) is 10.2. The van der Waals surface area contributed by atoms with Crippen LogP contribution in [0.15, 0.2) is 178 Å². The predicted molar refractivity (Wildman–Crippen MR) is 261 cm³/mol. The molecule has 0 saturated heterocycles. The normalized spacial score (nSPS) is 13.3. The summed E-state index contributed by atoms with van der Waals surface area (Å²) in [5, 5.41) is 4.87. The third kappa shape index (κ3) is 5.60. The van der Waals surface area contributed by atoms with E-state index in [1.165, 1.54) is 93.0 Å². The first-order valence-corrected chi connectivity index (χ1v) is 22.6. The fraction of sp³-hybridized carbons (Fsp3) is 0.143. The molecule has 0 fully saturated rings. The molecule has 2 aliphatic rings. The molecule has 61 heavy (non-hydrogen) atoms. The van der Waals surface area contributed by atoms with Gasteiger partial charge in [-0.2, -0.15) is 0 Å². The number of nitrogens with zero attached hydrogens (tertiary/aromatic N) is 2. The largest absolute Gasteiger partial charge is 0.454 e. The summed E-state index contributed by atoms with van der Waals surface area (Å²) >= 11 is 1.94. The lowest BCUT2D eigenvalue weighted by atomic mass is 9.34. The first-order chi connectivity index (χ1) is 29.9. The molecule has 8 aromatic carbocycles. The van der Waals surface area contributed by atoms with Crippen LogP contribution >= 0.6 is 11.8 Å². The van der Waals surface area contributed by atoms with E-state index >= 15 is 0 Å². The molecule has 2 aliphatic heterocycles. The van der Waals surface area contributed by atoms with Gasteiger partial charge in [-0.1, -0.05) is 167 Å². The van der Waals surface area contributed by atoms with Crippen LogP contribution in [-0.4, -0.2) is 11.3 Å². The van der Waals surface area contributed by atoms with Gasteiger partial charge in [-0.15, -0.1) is 0 Å². The molecule has 12 rings (SSSR count). The highest BCUT2D eigenvalue weighted by atomic mass is 32.2. The van der Waals surface area contributed by atoms with E-state index in [9.17, 15) is 0 Å². The van der Waals surface area contributed by atoms with Crippen LogP contribution in [0, 0.1) is 0 Å². The average molecular weight is 805 g/mol. The second-order valence-electron chi connectivity index (χ2n) is 17.9. The van der Waals surface area contributed by atoms with Gasteiger partial charge in [0, 0.05) is 48.4 Å². The summed E-state index contributed by atoms with van der Waals surface area (Å²) in [4.78, 5) is 5.23. The number of hydrogen-bond acceptors (Lipinski definition) is 3. The van der Waals surface area contributed by atoms with Gasteiger partial charge in [0.1, 0.15) is 5.58 Å². The van der Waals surface area contributed by atoms with Gasteiger partial charge in [-0.3, -0.25) is 0 Å². The number of hydrogen-bond donors (Lipinski definition) is 0. The number of rotatable bonds is 6. The van der Waals surface area contributed by atoms with Crippen LogP contribution in [0.5, 0.6) is 0 Å². The molecule has 0 atom stereocenters. The van der Waals surface area contributed by atoms with Crippen molar-refractivity contribution in [2.24, 2.45) is 0 Å². The van der Waals surface area contributed by atoms with Crippen molar-refractivity contribution in [3.8, 4) is 16.8 Å². The molecule has 0 amide bonds. The Labute approximate surface area is 361 Å². The molecule has 0 saturated carbocycles. The number of fused-ring (bicyclic) bond motifs is 10. The SMILES string of the molecule is CCCCc1ccc2c(oc3ccccc32)c1N1c2ccc(-c3ccccc3)cc2B2c3ccc(-n4c5ccccc5c5ccccc54)cc3Sc3cc(C(C)(C)C)cc1c32. The molecule has 294 valence electrons. The topological polar surface area (TPSA) is 21.3 Å². The molecule has 3 nitrogen and oxygen atoms in total. The Morgan fingerprint density at radius 1 is 0.590 bits per heavy atom. The Morgan fingerprint density at radius 3 is 2.07 bits per heavy atom. The van der Waals surface area contributed by atoms with Crippen LogP contribution in [0.3, 0.4) is 0 Å². The van der Waals surface area contributed by atoms with Crippen molar-refractivity contribution in [1.29, 1.82) is 0 Å². The van der Waals surface area contributed by atoms with Crippen molar-refractivity contribution < 1.29 is 4.42 Å². The molecule has 0 spiro atoms. The Morgan fingerprint density at radius 2 is 1.31 bits per heavy atom. The zero-order valence-electron chi connectivity index (χ0n) is 35.0. The quantitative estimate of drug-likeness (QED) is 0.156. The maximum absolute atomic E-state index is 6.99. The highest BCUT2D eigenvalue weighted by molar-refractivity contribution is 8.00. The van der Waals surface area contributed by atoms with Crippen molar-refractivity contribution in [3.63, 3.8) is 0 Å². The van der Waals surface area contributed by atoms with Crippen molar-refractivity contribution >= 4 is 95.7 Å². The number of anilines is 3. The second-order valence-corrected chi connectivity index (χ2v) is 19.0. The minimum Gasteiger partial charge on any atom is -0.454 e. The smallest absolute Gasteiger partial charge is 0.249 e. The number of benzene rings is 8. The number of aromatic nitrogens is 1. The van der Waals surface area contributed by atoms with E-state index in [2.05, 4.69) is 201 Å². The molecule has 0 unspecified atom stereocenters. The molecule has 0 N–H and O–H groups in total. The van der Waals surface area contributed by atoms with E-state index in [1.807, 2.05) is 11.8 Å². The van der Waals surface area contributed by atoms with Gasteiger partial charge in [0.25, 0.3) is 0 Å². The molecule has 0 radical (unpaired) electrons. The van der Waals surface area contributed by atoms with Gasteiger partial charge in [0.05, 0.1) is 16.7 Å². The fourth-order valence-corrected chi connectivity index (χ4v) is 11.4. The molecule has 2 aromatic heterocycles. The summed E-state index contributed by atoms with van der Waals surface area (Å²) in [5.41, 5.74) is 18.2. The van der Waals surface area contributed by atoms with Gasteiger partial charge < -0.3 is 13.9 Å². The lowest BCUT2D eigenvalue weighted by Crippen LogP contribution is -2.60. The number of para-hydroxylation sites is 3. The van der Waals surface area contributed by atoms with E-state index in [4.69, 9.17) is 4.42 Å². The third-order valence-electron chi connectivity index (χ3n) is 13.2. The zero-order chi connectivity index (χ0) is 41.0. The van der Waals surface area contributed by atoms with E-state index in [1.54, 1.807) is 0 Å². The highest BCUT2D eigenvalue weighted by Crippen LogP contribution is 2.49. The van der Waals surface area contributed by atoms with Crippen LogP contribution in [0.25, 0.3) is 60.6 Å². The van der Waals surface area contributed by atoms with Gasteiger partial charge >= 0.3 is 0 Å². The van der Waals surface area contributed by atoms with Crippen LogP contribution in [0.2, 0.25) is 0 Å². The number of aryl methyl sites for hydroxylation is 1. The van der Waals surface area contributed by atoms with Gasteiger partial charge in [0.15, 0.2) is 5.58 Å². The molecule has 10 aromatic rings. The number of furan rings is 1. The third-order valence-corrected chi connectivity index (χ3v) is 14.3. The van der Waals surface area contributed by atoms with Crippen LogP contribution in [0.1, 0.15) is 51.7 Å². The Bertz CT molecular complexity index is 3340. The molecule has 0 aliphatic carbocycles. The van der Waals surface area contributed by atoms with Crippen molar-refractivity contribution in [2.45, 2.75) is 62.2 Å². The summed E-state index contributed by atoms with van der Waals surface area (Å²) in [5.74, 6) is 0. The molecule has 5 heteroatoms. The summed E-state index contributed by atoms with van der Waals surface area (Å²) in [6, 6.07) is 61.1. The predicted octanol–water partition coefficient (Wildman–Crippen LogP) is 13.8. The molecule has 0 bridgehead atoms. The lowest BCUT2D eigenvalue weighted by Gasteiger charge is -2.42. The average Bonchev–Trinajstić information content (AvgIpc) is 3.84. The van der Waals surface area contributed by atoms with Crippen molar-refractivity contribution in [2.75, 3.05) is 4.90 Å². The Balaban J connectivity index is 1.15. The van der Waals surface area contributed by atoms with E-state index < -0.39 is 0 Å². The molecular formula is C56H45BN2OS. The van der Waals surface area contributed by atoms with Crippen molar-refractivity contribution in [3.05, 3.63) is 175 Å². The summed E-state index contributed by atoms with van der Waals surface area (Å²) in [6.45, 7) is 9.36. The maximum Gasteiger partial charge on any atom is 0.249 e. The van der Waals surface area contributed by atoms with E-state index in [0.717, 1.165) is 41.2 Å². The first kappa shape index (κ1) is 36.4. The van der Waals surface area contributed by atoms with E-state index in [-0.39, 0.29) is 12.1 Å². The molecular weight excluding hydrogens is 760 g/mol. The standard InChI is InChI=1S/C56H45BN2OS/c1-5-6-16-36-25-28-43-42-21-12-15-24-50(42)60-55(43)54(36)59-48-30-26-37(35-17-8-7-9-18-35)31-45(48)57-44-29-27-39(58-46-22-13-10-19-40(46)41-20-11-14-23-47(41)58)34-51(44)61-52-33-38(56(2,3)4)32-49(59)53(52)57/h7-15,17-34H,5-6,16H2,1-4H3. The number of unbranched alkanes of at least 4 members (excludes halogenated alkanes) is 1. The Kier molecular flexibility index (Phi) is 8.24. The minimum absolute atomic E-state index is 0.0337. The highest BCUT2D eigenvalue weighted by Gasteiger charge is 2.43. The van der Waals surface area contributed by atoms with Gasteiger partial charge in [0.2, 0.25) is 6.71 Å². The lowest BCUT2D eigenvalue weighted by molar-refractivity contribution is 0.589. The molecule has 4 heterocycles. The zero-order valence-corrected chi connectivity index (χ0v) is 35.8. The minimum atomic E-state index is -0.0772. The Hall–Kier alpha value is -6.43. The monoisotopic (exact) mass is 804 g/mol. The van der Waals surface area contributed by atoms with Crippen LogP contribution in [0.4, 0.5) is 17.1 Å². The van der Waals surface area contributed by atoms with Gasteiger partial charge in [-0.25, -0.2) is 0 Å². The van der Waals surface area contributed by atoms with Crippen LogP contribution in [-0.2, 0) is 11.8 Å². The second kappa shape index (κ2) is 13.8. The van der Waals surface area contributed by atoms with Crippen LogP contribution < -0.4 is 21.3 Å². The summed E-state index contributed by atoms with van der Waals surface area (Å²) < 4.78 is 9.44. The van der Waals surface area contributed by atoms with E-state index in [0.29, 0.717) is 0 Å². The summed E-state index contributed by atoms with van der Waals surface area (Å²) in [7, 11) is 0. The first-order valence-electron chi connectivity index (χ1n) is 21.8. The van der Waals surface area contributed by atoms with Crippen molar-refractivity contribution in [1.82, 2.24) is 4.57 Å². The summed E-state index contributed by atoms with van der Waals surface area (Å²) in [6.07, 6.45) is 3.20. The van der Waals surface area contributed by atoms with Gasteiger partial charge in [-0.05, 0) is 100.0 Å².